The summed E-state index contributed by atoms with van der Waals surface area (Å²) in [6, 6.07) is 2.86. The second kappa shape index (κ2) is 9.97. The van der Waals surface area contributed by atoms with Crippen molar-refractivity contribution in [2.45, 2.75) is 38.3 Å². The summed E-state index contributed by atoms with van der Waals surface area (Å²) < 4.78 is 55.1. The first-order chi connectivity index (χ1) is 16.2. The Kier molecular flexibility index (Phi) is 7.03. The summed E-state index contributed by atoms with van der Waals surface area (Å²) in [5.41, 5.74) is 5.76. The number of amides is 1. The Morgan fingerprint density at radius 3 is 2.85 bits per heavy atom. The molecule has 182 valence electrons. The molecule has 1 aromatic carbocycles. The predicted octanol–water partition coefficient (Wildman–Crippen LogP) is 3.74. The second-order valence-corrected chi connectivity index (χ2v) is 8.87. The van der Waals surface area contributed by atoms with Crippen molar-refractivity contribution in [2.75, 3.05) is 29.0 Å². The molecule has 1 fully saturated rings. The standard InChI is InChI=1S/C21H22F4N6O2S/c22-11-3-4-14(23)13(8-11)20-29-17(18(26)34-20)19(33)28-15-9-27-31(10-16(24)25)21(15)30-6-1-2-12(32)5-7-30/h3-4,8-9,12,16,32H,1-2,5-7,10,26H2,(H,28,33)/t12-/m1/s1. The number of hydrogen-bond donors (Lipinski definition) is 3. The summed E-state index contributed by atoms with van der Waals surface area (Å²) in [6.45, 7) is 0.198. The number of aliphatic hydroxyl groups is 1. The van der Waals surface area contributed by atoms with E-state index in [0.717, 1.165) is 34.2 Å². The topological polar surface area (TPSA) is 109 Å². The average molecular weight is 499 g/mol. The number of aromatic nitrogens is 3. The molecule has 0 bridgehead atoms. The normalized spacial score (nSPS) is 16.6. The summed E-state index contributed by atoms with van der Waals surface area (Å²) in [6.07, 6.45) is -0.253. The summed E-state index contributed by atoms with van der Waals surface area (Å²) >= 11 is 0.819. The smallest absolute Gasteiger partial charge is 0.277 e. The van der Waals surface area contributed by atoms with Crippen LogP contribution in [0.2, 0.25) is 0 Å². The number of rotatable bonds is 6. The number of nitrogens with one attached hydrogen (secondary N) is 1. The summed E-state index contributed by atoms with van der Waals surface area (Å²) in [5, 5.41) is 16.5. The van der Waals surface area contributed by atoms with Gasteiger partial charge in [-0.25, -0.2) is 27.2 Å². The molecule has 1 atom stereocenters. The molecule has 0 unspecified atom stereocenters. The van der Waals surface area contributed by atoms with E-state index in [1.165, 1.54) is 6.20 Å². The van der Waals surface area contributed by atoms with Gasteiger partial charge in [-0.3, -0.25) is 4.79 Å². The third-order valence-corrected chi connectivity index (χ3v) is 6.31. The Morgan fingerprint density at radius 2 is 2.09 bits per heavy atom. The Morgan fingerprint density at radius 1 is 1.29 bits per heavy atom. The number of carbonyl (C=O) groups is 1. The molecule has 34 heavy (non-hydrogen) atoms. The molecule has 0 spiro atoms. The number of benzene rings is 1. The lowest BCUT2D eigenvalue weighted by molar-refractivity contribution is 0.102. The number of alkyl halides is 2. The first-order valence-corrected chi connectivity index (χ1v) is 11.3. The third kappa shape index (κ3) is 5.14. The fourth-order valence-corrected chi connectivity index (χ4v) is 4.65. The number of aliphatic hydroxyl groups excluding tert-OH is 1. The zero-order chi connectivity index (χ0) is 24.4. The molecule has 1 aliphatic heterocycles. The van der Waals surface area contributed by atoms with Gasteiger partial charge in [-0.15, -0.1) is 0 Å². The van der Waals surface area contributed by atoms with Crippen LogP contribution in [-0.4, -0.2) is 51.4 Å². The van der Waals surface area contributed by atoms with E-state index in [1.54, 1.807) is 4.90 Å². The van der Waals surface area contributed by atoms with Crippen LogP contribution in [0.4, 0.5) is 34.1 Å². The van der Waals surface area contributed by atoms with Crippen molar-refractivity contribution in [1.82, 2.24) is 14.8 Å². The van der Waals surface area contributed by atoms with E-state index in [0.29, 0.717) is 32.4 Å². The minimum Gasteiger partial charge on any atom is -0.393 e. The summed E-state index contributed by atoms with van der Waals surface area (Å²) in [4.78, 5) is 18.8. The molecule has 4 rings (SSSR count). The van der Waals surface area contributed by atoms with Crippen molar-refractivity contribution in [3.63, 3.8) is 0 Å². The first-order valence-electron chi connectivity index (χ1n) is 10.5. The van der Waals surface area contributed by atoms with Crippen LogP contribution in [0.3, 0.4) is 0 Å². The highest BCUT2D eigenvalue weighted by Gasteiger charge is 2.26. The van der Waals surface area contributed by atoms with Crippen LogP contribution in [-0.2, 0) is 6.54 Å². The van der Waals surface area contributed by atoms with Gasteiger partial charge in [0, 0.05) is 18.7 Å². The van der Waals surface area contributed by atoms with Gasteiger partial charge in [0.1, 0.15) is 33.9 Å². The molecule has 1 saturated heterocycles. The average Bonchev–Trinajstić information content (AvgIpc) is 3.27. The maximum Gasteiger partial charge on any atom is 0.277 e. The molecule has 0 aliphatic carbocycles. The number of anilines is 3. The highest BCUT2D eigenvalue weighted by atomic mass is 32.1. The molecule has 0 saturated carbocycles. The summed E-state index contributed by atoms with van der Waals surface area (Å²) in [7, 11) is 0. The van der Waals surface area contributed by atoms with Gasteiger partial charge < -0.3 is 21.1 Å². The lowest BCUT2D eigenvalue weighted by Crippen LogP contribution is -2.29. The van der Waals surface area contributed by atoms with Crippen molar-refractivity contribution in [3.05, 3.63) is 41.7 Å². The molecule has 0 radical (unpaired) electrons. The number of nitrogens with zero attached hydrogens (tertiary/aromatic N) is 4. The SMILES string of the molecule is Nc1sc(-c2cc(F)ccc2F)nc1C(=O)Nc1cnn(CC(F)F)c1N1CCC[C@@H](O)CC1. The van der Waals surface area contributed by atoms with Crippen molar-refractivity contribution in [1.29, 1.82) is 0 Å². The lowest BCUT2D eigenvalue weighted by atomic mass is 10.2. The number of thiazole rings is 1. The Hall–Kier alpha value is -3.19. The quantitative estimate of drug-likeness (QED) is 0.447. The maximum absolute atomic E-state index is 14.1. The number of hydrogen-bond acceptors (Lipinski definition) is 7. The molecule has 3 aromatic rings. The Labute approximate surface area is 196 Å². The minimum absolute atomic E-state index is 0.0180. The van der Waals surface area contributed by atoms with Gasteiger partial charge >= 0.3 is 0 Å². The maximum atomic E-state index is 14.1. The van der Waals surface area contributed by atoms with E-state index in [9.17, 15) is 27.5 Å². The fraction of sp³-hybridized carbons (Fsp3) is 0.381. The fourth-order valence-electron chi connectivity index (χ4n) is 3.81. The number of nitrogens with two attached hydrogens (primary N) is 1. The van der Waals surface area contributed by atoms with Crippen molar-refractivity contribution >= 4 is 33.8 Å². The molecule has 2 aromatic heterocycles. The zero-order valence-corrected chi connectivity index (χ0v) is 18.7. The van der Waals surface area contributed by atoms with Crippen LogP contribution in [0.1, 0.15) is 29.8 Å². The van der Waals surface area contributed by atoms with Gasteiger partial charge in [-0.2, -0.15) is 5.10 Å². The van der Waals surface area contributed by atoms with Crippen molar-refractivity contribution in [3.8, 4) is 10.6 Å². The van der Waals surface area contributed by atoms with E-state index in [1.807, 2.05) is 0 Å². The van der Waals surface area contributed by atoms with Crippen LogP contribution >= 0.6 is 11.3 Å². The van der Waals surface area contributed by atoms with Crippen LogP contribution in [0.25, 0.3) is 10.6 Å². The molecule has 13 heteroatoms. The number of carbonyl (C=O) groups excluding carboxylic acids is 1. The molecule has 1 aliphatic rings. The number of halogens is 4. The zero-order valence-electron chi connectivity index (χ0n) is 17.8. The van der Waals surface area contributed by atoms with Crippen LogP contribution in [0.5, 0.6) is 0 Å². The first kappa shape index (κ1) is 24.0. The van der Waals surface area contributed by atoms with Gasteiger partial charge in [0.2, 0.25) is 0 Å². The second-order valence-electron chi connectivity index (χ2n) is 7.84. The van der Waals surface area contributed by atoms with E-state index >= 15 is 0 Å². The van der Waals surface area contributed by atoms with Gasteiger partial charge in [-0.1, -0.05) is 11.3 Å². The molecule has 4 N–H and O–H groups in total. The number of nitrogen functional groups attached to an aromatic ring is 1. The highest BCUT2D eigenvalue weighted by Crippen LogP contribution is 2.34. The summed E-state index contributed by atoms with van der Waals surface area (Å²) in [5.74, 6) is -1.85. The molecule has 8 nitrogen and oxygen atoms in total. The molecular weight excluding hydrogens is 476 g/mol. The predicted molar refractivity (Wildman–Crippen MR) is 120 cm³/mol. The lowest BCUT2D eigenvalue weighted by Gasteiger charge is -2.25. The Balaban J connectivity index is 1.63. The van der Waals surface area contributed by atoms with E-state index in [-0.39, 0.29) is 32.8 Å². The monoisotopic (exact) mass is 498 g/mol. The van der Waals surface area contributed by atoms with Crippen LogP contribution in [0, 0.1) is 11.6 Å². The molecular formula is C21H22F4N6O2S. The largest absolute Gasteiger partial charge is 0.393 e. The highest BCUT2D eigenvalue weighted by molar-refractivity contribution is 7.19. The third-order valence-electron chi connectivity index (χ3n) is 5.40. The van der Waals surface area contributed by atoms with Crippen molar-refractivity contribution < 1.29 is 27.5 Å². The Bertz CT molecular complexity index is 1180. The van der Waals surface area contributed by atoms with E-state index in [4.69, 9.17) is 5.73 Å². The van der Waals surface area contributed by atoms with Gasteiger partial charge in [-0.05, 0) is 37.5 Å². The molecule has 1 amide bonds. The minimum atomic E-state index is -2.67. The van der Waals surface area contributed by atoms with Gasteiger partial charge in [0.25, 0.3) is 12.3 Å². The van der Waals surface area contributed by atoms with Crippen molar-refractivity contribution in [2.24, 2.45) is 0 Å². The van der Waals surface area contributed by atoms with Crippen LogP contribution < -0.4 is 16.0 Å². The van der Waals surface area contributed by atoms with Crippen LogP contribution in [0.15, 0.2) is 24.4 Å². The molecule has 3 heterocycles. The van der Waals surface area contributed by atoms with E-state index in [2.05, 4.69) is 15.4 Å². The van der Waals surface area contributed by atoms with Gasteiger partial charge in [0.05, 0.1) is 12.3 Å². The van der Waals surface area contributed by atoms with Gasteiger partial charge in [0.15, 0.2) is 11.5 Å². The van der Waals surface area contributed by atoms with E-state index < -0.39 is 36.6 Å².